The molecule has 0 aliphatic rings. The second-order valence-corrected chi connectivity index (χ2v) is 2.78. The molecule has 1 unspecified atom stereocenters. The Morgan fingerprint density at radius 2 is 2.00 bits per heavy atom. The largest absolute Gasteiger partial charge is 0.490 e. The molecule has 1 rings (SSSR count). The standard InChI is InChI=1S/C11H15O/c1-3-7-10(2)12-11-8-5-4-6-9-11/h4-10H,3H2,1-2H3. The summed E-state index contributed by atoms with van der Waals surface area (Å²) >= 11 is 0. The van der Waals surface area contributed by atoms with Gasteiger partial charge in [0.1, 0.15) is 5.75 Å². The minimum atomic E-state index is 0.206. The van der Waals surface area contributed by atoms with Crippen LogP contribution in [0.1, 0.15) is 20.3 Å². The minimum Gasteiger partial charge on any atom is -0.490 e. The van der Waals surface area contributed by atoms with Gasteiger partial charge in [0.15, 0.2) is 0 Å². The Morgan fingerprint density at radius 1 is 1.33 bits per heavy atom. The van der Waals surface area contributed by atoms with E-state index in [4.69, 9.17) is 4.74 Å². The maximum Gasteiger partial charge on any atom is 0.119 e. The molecule has 0 saturated heterocycles. The molecule has 0 heterocycles. The fourth-order valence-electron chi connectivity index (χ4n) is 1.09. The summed E-state index contributed by atoms with van der Waals surface area (Å²) in [6.07, 6.45) is 3.40. The molecule has 0 spiro atoms. The van der Waals surface area contributed by atoms with Crippen molar-refractivity contribution in [2.24, 2.45) is 0 Å². The summed E-state index contributed by atoms with van der Waals surface area (Å²) in [5.74, 6) is 0.940. The van der Waals surface area contributed by atoms with Gasteiger partial charge < -0.3 is 4.74 Å². The van der Waals surface area contributed by atoms with Gasteiger partial charge in [0.05, 0.1) is 6.10 Å². The summed E-state index contributed by atoms with van der Waals surface area (Å²) in [6.45, 7) is 4.17. The second kappa shape index (κ2) is 4.81. The molecule has 1 radical (unpaired) electrons. The lowest BCUT2D eigenvalue weighted by Crippen LogP contribution is -2.11. The van der Waals surface area contributed by atoms with E-state index in [9.17, 15) is 0 Å². The van der Waals surface area contributed by atoms with Gasteiger partial charge in [-0.2, -0.15) is 0 Å². The molecule has 0 aromatic heterocycles. The van der Waals surface area contributed by atoms with E-state index in [1.54, 1.807) is 0 Å². The van der Waals surface area contributed by atoms with Crippen LogP contribution >= 0.6 is 0 Å². The molecule has 0 fully saturated rings. The normalized spacial score (nSPS) is 12.5. The van der Waals surface area contributed by atoms with Crippen molar-refractivity contribution in [1.29, 1.82) is 0 Å². The van der Waals surface area contributed by atoms with Gasteiger partial charge >= 0.3 is 0 Å². The SMILES string of the molecule is CC[CH]C(C)Oc1ccccc1. The van der Waals surface area contributed by atoms with Gasteiger partial charge in [-0.3, -0.25) is 0 Å². The lowest BCUT2D eigenvalue weighted by molar-refractivity contribution is 0.250. The number of ether oxygens (including phenoxy) is 1. The highest BCUT2D eigenvalue weighted by atomic mass is 16.5. The zero-order chi connectivity index (χ0) is 8.81. The van der Waals surface area contributed by atoms with E-state index >= 15 is 0 Å². The lowest BCUT2D eigenvalue weighted by atomic mass is 10.2. The molecule has 1 atom stereocenters. The maximum absolute atomic E-state index is 5.60. The van der Waals surface area contributed by atoms with Gasteiger partial charge in [-0.25, -0.2) is 0 Å². The van der Waals surface area contributed by atoms with Crippen molar-refractivity contribution in [3.8, 4) is 5.75 Å². The van der Waals surface area contributed by atoms with Crippen LogP contribution in [0.25, 0.3) is 0 Å². The first-order valence-corrected chi connectivity index (χ1v) is 4.38. The molecule has 1 nitrogen and oxygen atoms in total. The smallest absolute Gasteiger partial charge is 0.119 e. The Hall–Kier alpha value is -0.980. The van der Waals surface area contributed by atoms with Gasteiger partial charge in [0.2, 0.25) is 0 Å². The number of hydrogen-bond acceptors (Lipinski definition) is 1. The summed E-state index contributed by atoms with van der Waals surface area (Å²) in [7, 11) is 0. The first-order valence-electron chi connectivity index (χ1n) is 4.38. The molecule has 65 valence electrons. The van der Waals surface area contributed by atoms with Crippen LogP contribution < -0.4 is 4.74 Å². The minimum absolute atomic E-state index is 0.206. The van der Waals surface area contributed by atoms with E-state index in [1.807, 2.05) is 30.3 Å². The zero-order valence-electron chi connectivity index (χ0n) is 7.66. The molecule has 1 aromatic carbocycles. The number of para-hydroxylation sites is 1. The highest BCUT2D eigenvalue weighted by molar-refractivity contribution is 5.21. The van der Waals surface area contributed by atoms with Crippen molar-refractivity contribution in [1.82, 2.24) is 0 Å². The van der Waals surface area contributed by atoms with Crippen molar-refractivity contribution < 1.29 is 4.74 Å². The van der Waals surface area contributed by atoms with Crippen LogP contribution in [-0.4, -0.2) is 6.10 Å². The molecule has 1 heteroatoms. The third kappa shape index (κ3) is 2.95. The van der Waals surface area contributed by atoms with E-state index < -0.39 is 0 Å². The molecule has 12 heavy (non-hydrogen) atoms. The average Bonchev–Trinajstić information content (AvgIpc) is 2.06. The second-order valence-electron chi connectivity index (χ2n) is 2.78. The van der Waals surface area contributed by atoms with E-state index in [0.29, 0.717) is 0 Å². The van der Waals surface area contributed by atoms with Crippen molar-refractivity contribution in [3.05, 3.63) is 36.8 Å². The average molecular weight is 163 g/mol. The highest BCUT2D eigenvalue weighted by Crippen LogP contribution is 2.12. The van der Waals surface area contributed by atoms with E-state index in [-0.39, 0.29) is 6.10 Å². The van der Waals surface area contributed by atoms with Crippen LogP contribution in [0, 0.1) is 6.42 Å². The Balaban J connectivity index is 2.41. The molecular formula is C11H15O. The van der Waals surface area contributed by atoms with Crippen molar-refractivity contribution in [3.63, 3.8) is 0 Å². The molecule has 0 saturated carbocycles. The topological polar surface area (TPSA) is 9.23 Å². The summed E-state index contributed by atoms with van der Waals surface area (Å²) < 4.78 is 5.60. The quantitative estimate of drug-likeness (QED) is 0.662. The van der Waals surface area contributed by atoms with Gasteiger partial charge in [-0.15, -0.1) is 0 Å². The van der Waals surface area contributed by atoms with E-state index in [0.717, 1.165) is 12.2 Å². The first kappa shape index (κ1) is 9.11. The van der Waals surface area contributed by atoms with Crippen LogP contribution in [0.5, 0.6) is 5.75 Å². The number of benzene rings is 1. The molecule has 0 aliphatic heterocycles. The fourth-order valence-corrected chi connectivity index (χ4v) is 1.09. The van der Waals surface area contributed by atoms with Crippen molar-refractivity contribution in [2.75, 3.05) is 0 Å². The Morgan fingerprint density at radius 3 is 2.58 bits per heavy atom. The predicted molar refractivity (Wildman–Crippen MR) is 51.1 cm³/mol. The van der Waals surface area contributed by atoms with E-state index in [1.165, 1.54) is 0 Å². The fraction of sp³-hybridized carbons (Fsp3) is 0.364. The van der Waals surface area contributed by atoms with Crippen LogP contribution in [-0.2, 0) is 0 Å². The highest BCUT2D eigenvalue weighted by Gasteiger charge is 2.00. The Kier molecular flexibility index (Phi) is 3.65. The predicted octanol–water partition coefficient (Wildman–Crippen LogP) is 3.07. The maximum atomic E-state index is 5.60. The zero-order valence-corrected chi connectivity index (χ0v) is 7.66. The summed E-state index contributed by atoms with van der Waals surface area (Å²) in [5, 5.41) is 0. The number of hydrogen-bond donors (Lipinski definition) is 0. The van der Waals surface area contributed by atoms with Gasteiger partial charge in [0, 0.05) is 6.42 Å². The molecular weight excluding hydrogens is 148 g/mol. The van der Waals surface area contributed by atoms with Crippen LogP contribution in [0.3, 0.4) is 0 Å². The molecule has 1 aromatic rings. The van der Waals surface area contributed by atoms with Gasteiger partial charge in [0.25, 0.3) is 0 Å². The first-order chi connectivity index (χ1) is 5.83. The van der Waals surface area contributed by atoms with Crippen LogP contribution in [0.2, 0.25) is 0 Å². The van der Waals surface area contributed by atoms with Crippen molar-refractivity contribution in [2.45, 2.75) is 26.4 Å². The molecule has 0 N–H and O–H groups in total. The number of rotatable bonds is 4. The third-order valence-corrected chi connectivity index (χ3v) is 1.63. The molecule has 0 bridgehead atoms. The summed E-state index contributed by atoms with van der Waals surface area (Å²) in [5.41, 5.74) is 0. The summed E-state index contributed by atoms with van der Waals surface area (Å²) in [6, 6.07) is 9.89. The third-order valence-electron chi connectivity index (χ3n) is 1.63. The van der Waals surface area contributed by atoms with Gasteiger partial charge in [-0.1, -0.05) is 25.1 Å². The summed E-state index contributed by atoms with van der Waals surface area (Å²) in [4.78, 5) is 0. The van der Waals surface area contributed by atoms with Crippen molar-refractivity contribution >= 4 is 0 Å². The molecule has 0 aliphatic carbocycles. The lowest BCUT2D eigenvalue weighted by Gasteiger charge is -2.12. The Labute approximate surface area is 74.4 Å². The van der Waals surface area contributed by atoms with E-state index in [2.05, 4.69) is 20.3 Å². The van der Waals surface area contributed by atoms with Gasteiger partial charge in [-0.05, 0) is 25.5 Å². The monoisotopic (exact) mass is 163 g/mol. The van der Waals surface area contributed by atoms with Crippen LogP contribution in [0.15, 0.2) is 30.3 Å². The molecule has 0 amide bonds. The van der Waals surface area contributed by atoms with Crippen LogP contribution in [0.4, 0.5) is 0 Å². The Bertz CT molecular complexity index is 206.